The topological polar surface area (TPSA) is 64.1 Å². The van der Waals surface area contributed by atoms with E-state index in [-0.39, 0.29) is 12.7 Å². The average molecular weight is 466 g/mol. The van der Waals surface area contributed by atoms with E-state index >= 15 is 0 Å². The van der Waals surface area contributed by atoms with E-state index in [1.54, 1.807) is 18.4 Å². The molecule has 0 unspecified atom stereocenters. The molecule has 3 heterocycles. The zero-order valence-corrected chi connectivity index (χ0v) is 19.5. The normalized spacial score (nSPS) is 15.6. The van der Waals surface area contributed by atoms with Crippen LogP contribution in [0.25, 0.3) is 10.6 Å². The quantitative estimate of drug-likeness (QED) is 0.529. The molecule has 0 saturated carbocycles. The average Bonchev–Trinajstić information content (AvgIpc) is 3.52. The van der Waals surface area contributed by atoms with Crippen molar-refractivity contribution in [2.75, 3.05) is 40.1 Å². The van der Waals surface area contributed by atoms with Crippen LogP contribution >= 0.6 is 11.3 Å². The van der Waals surface area contributed by atoms with Crippen LogP contribution in [0.3, 0.4) is 0 Å². The second-order valence-corrected chi connectivity index (χ2v) is 9.08. The Balaban J connectivity index is 1.08. The molecule has 1 aromatic heterocycles. The second kappa shape index (κ2) is 9.80. The SMILES string of the molecule is COc1ccc(-c2nc(CN3CCN(C(=O)CCc4ccc5c(c4)OCO5)CC3)cs2)cc1. The Morgan fingerprint density at radius 3 is 2.64 bits per heavy atom. The number of carbonyl (C=O) groups is 1. The molecule has 0 spiro atoms. The molecular formula is C25H27N3O4S. The molecule has 2 aromatic carbocycles. The van der Waals surface area contributed by atoms with Gasteiger partial charge in [-0.25, -0.2) is 4.98 Å². The van der Waals surface area contributed by atoms with Crippen LogP contribution in [0.4, 0.5) is 0 Å². The van der Waals surface area contributed by atoms with Crippen LogP contribution in [0.1, 0.15) is 17.7 Å². The molecule has 0 N–H and O–H groups in total. The monoisotopic (exact) mass is 465 g/mol. The number of fused-ring (bicyclic) bond motifs is 1. The van der Waals surface area contributed by atoms with Crippen LogP contribution in [-0.2, 0) is 17.8 Å². The van der Waals surface area contributed by atoms with E-state index in [9.17, 15) is 4.79 Å². The third kappa shape index (κ3) is 5.12. The van der Waals surface area contributed by atoms with Gasteiger partial charge < -0.3 is 19.1 Å². The minimum atomic E-state index is 0.211. The molecule has 172 valence electrons. The summed E-state index contributed by atoms with van der Waals surface area (Å²) < 4.78 is 16.0. The number of aryl methyl sites for hydroxylation is 1. The molecule has 2 aliphatic heterocycles. The fourth-order valence-corrected chi connectivity index (χ4v) is 4.95. The maximum atomic E-state index is 12.7. The van der Waals surface area contributed by atoms with Gasteiger partial charge in [0.1, 0.15) is 10.8 Å². The number of hydrogen-bond donors (Lipinski definition) is 0. The molecule has 33 heavy (non-hydrogen) atoms. The van der Waals surface area contributed by atoms with Crippen molar-refractivity contribution >= 4 is 17.2 Å². The van der Waals surface area contributed by atoms with E-state index in [4.69, 9.17) is 19.2 Å². The van der Waals surface area contributed by atoms with Gasteiger partial charge in [0.2, 0.25) is 12.7 Å². The summed E-state index contributed by atoms with van der Waals surface area (Å²) in [4.78, 5) is 21.9. The van der Waals surface area contributed by atoms with Crippen molar-refractivity contribution in [3.63, 3.8) is 0 Å². The summed E-state index contributed by atoms with van der Waals surface area (Å²) in [6.45, 7) is 4.33. The van der Waals surface area contributed by atoms with Crippen molar-refractivity contribution in [1.29, 1.82) is 0 Å². The fraction of sp³-hybridized carbons (Fsp3) is 0.360. The lowest BCUT2D eigenvalue weighted by atomic mass is 10.1. The first-order valence-electron chi connectivity index (χ1n) is 11.2. The van der Waals surface area contributed by atoms with Gasteiger partial charge >= 0.3 is 0 Å². The third-order valence-corrected chi connectivity index (χ3v) is 7.00. The smallest absolute Gasteiger partial charge is 0.231 e. The van der Waals surface area contributed by atoms with Gasteiger partial charge in [-0.1, -0.05) is 6.07 Å². The van der Waals surface area contributed by atoms with Gasteiger partial charge in [0, 0.05) is 50.1 Å². The van der Waals surface area contributed by atoms with E-state index in [1.807, 2.05) is 47.4 Å². The zero-order chi connectivity index (χ0) is 22.6. The Labute approximate surface area is 197 Å². The van der Waals surface area contributed by atoms with Gasteiger partial charge in [-0.2, -0.15) is 0 Å². The van der Waals surface area contributed by atoms with Crippen molar-refractivity contribution in [3.8, 4) is 27.8 Å². The van der Waals surface area contributed by atoms with Crippen LogP contribution in [0.2, 0.25) is 0 Å². The lowest BCUT2D eigenvalue weighted by Gasteiger charge is -2.34. The molecule has 1 fully saturated rings. The van der Waals surface area contributed by atoms with E-state index in [2.05, 4.69) is 10.3 Å². The molecule has 0 aliphatic carbocycles. The van der Waals surface area contributed by atoms with E-state index in [1.165, 1.54) is 0 Å². The van der Waals surface area contributed by atoms with E-state index < -0.39 is 0 Å². The zero-order valence-electron chi connectivity index (χ0n) is 18.7. The molecule has 7 nitrogen and oxygen atoms in total. The van der Waals surface area contributed by atoms with Gasteiger partial charge in [0.15, 0.2) is 11.5 Å². The number of ether oxygens (including phenoxy) is 3. The van der Waals surface area contributed by atoms with Crippen molar-refractivity contribution < 1.29 is 19.0 Å². The molecular weight excluding hydrogens is 438 g/mol. The van der Waals surface area contributed by atoms with Crippen LogP contribution in [0.15, 0.2) is 47.8 Å². The second-order valence-electron chi connectivity index (χ2n) is 8.22. The molecule has 3 aromatic rings. The van der Waals surface area contributed by atoms with E-state index in [0.29, 0.717) is 12.8 Å². The number of amides is 1. The number of hydrogen-bond acceptors (Lipinski definition) is 7. The summed E-state index contributed by atoms with van der Waals surface area (Å²) in [5.74, 6) is 2.60. The number of methoxy groups -OCH3 is 1. The predicted octanol–water partition coefficient (Wildman–Crippen LogP) is 3.82. The van der Waals surface area contributed by atoms with Crippen molar-refractivity contribution in [1.82, 2.24) is 14.8 Å². The molecule has 5 rings (SSSR count). The fourth-order valence-electron chi connectivity index (χ4n) is 4.14. The van der Waals surface area contributed by atoms with Crippen molar-refractivity contribution in [3.05, 3.63) is 59.1 Å². The Hall–Kier alpha value is -3.10. The van der Waals surface area contributed by atoms with Crippen LogP contribution < -0.4 is 14.2 Å². The van der Waals surface area contributed by atoms with Crippen LogP contribution in [-0.4, -0.2) is 60.8 Å². The molecule has 8 heteroatoms. The highest BCUT2D eigenvalue weighted by atomic mass is 32.1. The first-order valence-corrected chi connectivity index (χ1v) is 12.0. The van der Waals surface area contributed by atoms with Crippen LogP contribution in [0.5, 0.6) is 17.2 Å². The summed E-state index contributed by atoms with van der Waals surface area (Å²) in [6.07, 6.45) is 1.22. The molecule has 1 saturated heterocycles. The molecule has 1 amide bonds. The molecule has 0 radical (unpaired) electrons. The molecule has 0 bridgehead atoms. The van der Waals surface area contributed by atoms with Gasteiger partial charge in [0.05, 0.1) is 12.8 Å². The third-order valence-electron chi connectivity index (χ3n) is 6.06. The highest BCUT2D eigenvalue weighted by Crippen LogP contribution is 2.33. The van der Waals surface area contributed by atoms with Gasteiger partial charge in [-0.15, -0.1) is 11.3 Å². The molecule has 2 aliphatic rings. The highest BCUT2D eigenvalue weighted by Gasteiger charge is 2.22. The number of piperazine rings is 1. The Bertz CT molecular complexity index is 1110. The molecule has 0 atom stereocenters. The lowest BCUT2D eigenvalue weighted by Crippen LogP contribution is -2.48. The van der Waals surface area contributed by atoms with Gasteiger partial charge in [-0.3, -0.25) is 9.69 Å². The summed E-state index contributed by atoms with van der Waals surface area (Å²) in [5.41, 5.74) is 3.28. The minimum Gasteiger partial charge on any atom is -0.497 e. The number of carbonyl (C=O) groups excluding carboxylic acids is 1. The first-order chi connectivity index (χ1) is 16.2. The Kier molecular flexibility index (Phi) is 6.46. The van der Waals surface area contributed by atoms with Crippen molar-refractivity contribution in [2.24, 2.45) is 0 Å². The summed E-state index contributed by atoms with van der Waals surface area (Å²) >= 11 is 1.66. The maximum Gasteiger partial charge on any atom is 0.231 e. The minimum absolute atomic E-state index is 0.211. The summed E-state index contributed by atoms with van der Waals surface area (Å²) in [5, 5.41) is 3.15. The summed E-state index contributed by atoms with van der Waals surface area (Å²) in [7, 11) is 1.67. The Morgan fingerprint density at radius 1 is 1.06 bits per heavy atom. The highest BCUT2D eigenvalue weighted by molar-refractivity contribution is 7.13. The number of aromatic nitrogens is 1. The standard InChI is InChI=1S/C25H27N3O4S/c1-30-21-6-4-19(5-7-21)25-26-20(16-33-25)15-27-10-12-28(13-11-27)24(29)9-3-18-2-8-22-23(14-18)32-17-31-22/h2,4-8,14,16H,3,9-13,15,17H2,1H3. The van der Waals surface area contributed by atoms with Gasteiger partial charge in [0.25, 0.3) is 0 Å². The van der Waals surface area contributed by atoms with Crippen LogP contribution in [0, 0.1) is 0 Å². The maximum absolute atomic E-state index is 12.7. The van der Waals surface area contributed by atoms with E-state index in [0.717, 1.165) is 71.8 Å². The summed E-state index contributed by atoms with van der Waals surface area (Å²) in [6, 6.07) is 13.9. The van der Waals surface area contributed by atoms with Gasteiger partial charge in [-0.05, 0) is 48.4 Å². The lowest BCUT2D eigenvalue weighted by molar-refractivity contribution is -0.133. The number of thiazole rings is 1. The Morgan fingerprint density at radius 2 is 1.85 bits per heavy atom. The number of benzene rings is 2. The van der Waals surface area contributed by atoms with Crippen molar-refractivity contribution in [2.45, 2.75) is 19.4 Å². The number of nitrogens with zero attached hydrogens (tertiary/aromatic N) is 3. The first kappa shape index (κ1) is 21.7. The predicted molar refractivity (Wildman–Crippen MR) is 127 cm³/mol. The largest absolute Gasteiger partial charge is 0.497 e. The number of rotatable bonds is 7.